The van der Waals surface area contributed by atoms with Gasteiger partial charge in [0.15, 0.2) is 11.5 Å². The molecule has 0 spiro atoms. The fraction of sp³-hybridized carbons (Fsp3) is 0.481. The highest BCUT2D eigenvalue weighted by Gasteiger charge is 2.28. The zero-order valence-corrected chi connectivity index (χ0v) is 20.6. The van der Waals surface area contributed by atoms with E-state index >= 15 is 0 Å². The molecule has 2 N–H and O–H groups in total. The van der Waals surface area contributed by atoms with Crippen LogP contribution in [0.25, 0.3) is 0 Å². The van der Waals surface area contributed by atoms with Gasteiger partial charge in [-0.2, -0.15) is 0 Å². The Bertz CT molecular complexity index is 939. The first-order valence-electron chi connectivity index (χ1n) is 12.1. The lowest BCUT2D eigenvalue weighted by Crippen LogP contribution is -2.50. The summed E-state index contributed by atoms with van der Waals surface area (Å²) in [6.07, 6.45) is 5.35. The minimum absolute atomic E-state index is 0.763. The van der Waals surface area contributed by atoms with Crippen molar-refractivity contribution in [3.05, 3.63) is 59.7 Å². The Labute approximate surface area is 207 Å². The van der Waals surface area contributed by atoms with Gasteiger partial charge in [-0.15, -0.1) is 0 Å². The van der Waals surface area contributed by atoms with Crippen LogP contribution in [0.5, 0.6) is 11.5 Å². The van der Waals surface area contributed by atoms with E-state index in [2.05, 4.69) is 52.3 Å². The molecule has 1 aliphatic carbocycles. The number of nitrogens with zero attached hydrogens (tertiary/aromatic N) is 2. The summed E-state index contributed by atoms with van der Waals surface area (Å²) in [4.78, 5) is 23.5. The van der Waals surface area contributed by atoms with Gasteiger partial charge in [-0.3, -0.25) is 9.80 Å². The van der Waals surface area contributed by atoms with Crippen LogP contribution in [0.2, 0.25) is 0 Å². The van der Waals surface area contributed by atoms with E-state index in [0.717, 1.165) is 43.1 Å². The van der Waals surface area contributed by atoms with E-state index in [0.29, 0.717) is 0 Å². The molecule has 0 amide bonds. The van der Waals surface area contributed by atoms with E-state index < -0.39 is 11.9 Å². The van der Waals surface area contributed by atoms with Gasteiger partial charge in [0, 0.05) is 38.8 Å². The maximum atomic E-state index is 9.10. The molecule has 1 saturated carbocycles. The topological polar surface area (TPSA) is 99.5 Å². The molecule has 1 saturated heterocycles. The van der Waals surface area contributed by atoms with Crippen molar-refractivity contribution in [2.45, 2.75) is 44.2 Å². The molecule has 0 atom stereocenters. The third kappa shape index (κ3) is 7.70. The van der Waals surface area contributed by atoms with Crippen LogP contribution in [0.15, 0.2) is 48.5 Å². The van der Waals surface area contributed by atoms with Gasteiger partial charge in [-0.25, -0.2) is 9.59 Å². The molecule has 190 valence electrons. The molecule has 2 aromatic rings. The summed E-state index contributed by atoms with van der Waals surface area (Å²) in [5.41, 5.74) is 2.82. The largest absolute Gasteiger partial charge is 0.493 e. The number of hydrogen-bond acceptors (Lipinski definition) is 6. The van der Waals surface area contributed by atoms with Crippen molar-refractivity contribution < 1.29 is 29.3 Å². The maximum Gasteiger partial charge on any atom is 0.414 e. The average Bonchev–Trinajstić information content (AvgIpc) is 2.90. The highest BCUT2D eigenvalue weighted by atomic mass is 16.5. The van der Waals surface area contributed by atoms with Crippen molar-refractivity contribution in [3.8, 4) is 11.5 Å². The van der Waals surface area contributed by atoms with Crippen LogP contribution in [0.1, 0.15) is 42.7 Å². The van der Waals surface area contributed by atoms with Crippen LogP contribution in [0, 0.1) is 0 Å². The van der Waals surface area contributed by atoms with Crippen molar-refractivity contribution in [2.75, 3.05) is 40.4 Å². The minimum Gasteiger partial charge on any atom is -0.493 e. The van der Waals surface area contributed by atoms with Gasteiger partial charge in [0.2, 0.25) is 0 Å². The van der Waals surface area contributed by atoms with E-state index in [1.165, 1.54) is 49.9 Å². The van der Waals surface area contributed by atoms with Gasteiger partial charge in [0.05, 0.1) is 14.2 Å². The Balaban J connectivity index is 0.000000509. The fourth-order valence-corrected chi connectivity index (χ4v) is 5.02. The zero-order valence-electron chi connectivity index (χ0n) is 20.6. The van der Waals surface area contributed by atoms with Crippen molar-refractivity contribution in [1.29, 1.82) is 0 Å². The molecule has 0 radical (unpaired) electrons. The number of ether oxygens (including phenoxy) is 2. The van der Waals surface area contributed by atoms with Gasteiger partial charge in [0.25, 0.3) is 0 Å². The Kier molecular flexibility index (Phi) is 9.93. The summed E-state index contributed by atoms with van der Waals surface area (Å²) in [5.74, 6) is -1.27. The molecule has 1 aliphatic heterocycles. The summed E-state index contributed by atoms with van der Waals surface area (Å²) in [6, 6.07) is 18.1. The number of carboxylic acids is 2. The third-order valence-corrected chi connectivity index (χ3v) is 6.93. The van der Waals surface area contributed by atoms with E-state index in [4.69, 9.17) is 29.3 Å². The van der Waals surface area contributed by atoms with E-state index in [1.807, 2.05) is 6.07 Å². The van der Waals surface area contributed by atoms with Gasteiger partial charge in [-0.1, -0.05) is 36.4 Å². The summed E-state index contributed by atoms with van der Waals surface area (Å²) >= 11 is 0. The monoisotopic (exact) mass is 484 g/mol. The summed E-state index contributed by atoms with van der Waals surface area (Å²) in [5, 5.41) is 14.8. The van der Waals surface area contributed by atoms with Crippen LogP contribution in [0.3, 0.4) is 0 Å². The van der Waals surface area contributed by atoms with E-state index in [1.54, 1.807) is 14.2 Å². The number of carbonyl (C=O) groups is 2. The second-order valence-electron chi connectivity index (χ2n) is 9.03. The van der Waals surface area contributed by atoms with E-state index in [-0.39, 0.29) is 0 Å². The SMILES string of the molecule is COc1ccc(CN2CCN(C3CCC(c4ccccc4)CC3)CC2)cc1OC.O=C(O)C(=O)O. The molecule has 4 rings (SSSR count). The van der Waals surface area contributed by atoms with Gasteiger partial charge in [0.1, 0.15) is 0 Å². The van der Waals surface area contributed by atoms with Gasteiger partial charge in [-0.05, 0) is 54.9 Å². The summed E-state index contributed by atoms with van der Waals surface area (Å²) in [7, 11) is 3.39. The molecule has 0 unspecified atom stereocenters. The molecule has 8 nitrogen and oxygen atoms in total. The quantitative estimate of drug-likeness (QED) is 0.599. The minimum atomic E-state index is -1.82. The number of piperazine rings is 1. The normalized spacial score (nSPS) is 20.9. The van der Waals surface area contributed by atoms with Crippen LogP contribution in [-0.2, 0) is 16.1 Å². The number of rotatable bonds is 6. The third-order valence-electron chi connectivity index (χ3n) is 6.93. The van der Waals surface area contributed by atoms with Crippen LogP contribution >= 0.6 is 0 Å². The van der Waals surface area contributed by atoms with Crippen molar-refractivity contribution in [1.82, 2.24) is 9.80 Å². The molecule has 8 heteroatoms. The van der Waals surface area contributed by atoms with Crippen LogP contribution < -0.4 is 9.47 Å². The Hall–Kier alpha value is -3.10. The number of hydrogen-bond donors (Lipinski definition) is 2. The number of benzene rings is 2. The highest BCUT2D eigenvalue weighted by Crippen LogP contribution is 2.35. The molecule has 0 aromatic heterocycles. The summed E-state index contributed by atoms with van der Waals surface area (Å²) in [6.45, 7) is 5.65. The molecular formula is C27H36N2O6. The zero-order chi connectivity index (χ0) is 25.2. The highest BCUT2D eigenvalue weighted by molar-refractivity contribution is 6.27. The predicted molar refractivity (Wildman–Crippen MR) is 133 cm³/mol. The first kappa shape index (κ1) is 26.5. The standard InChI is InChI=1S/C25H34N2O2.C2H2O4/c1-28-24-13-8-20(18-25(24)29-2)19-26-14-16-27(17-15-26)23-11-9-22(10-12-23)21-6-4-3-5-7-21;3-1(4)2(5)6/h3-8,13,18,22-23H,9-12,14-17,19H2,1-2H3;(H,3,4)(H,5,6). The maximum absolute atomic E-state index is 9.10. The smallest absolute Gasteiger partial charge is 0.414 e. The first-order valence-corrected chi connectivity index (χ1v) is 12.1. The average molecular weight is 485 g/mol. The predicted octanol–water partition coefficient (Wildman–Crippen LogP) is 3.70. The van der Waals surface area contributed by atoms with Gasteiger partial charge >= 0.3 is 11.9 Å². The Morgan fingerprint density at radius 3 is 1.97 bits per heavy atom. The lowest BCUT2D eigenvalue weighted by Gasteiger charge is -2.42. The Morgan fingerprint density at radius 1 is 0.829 bits per heavy atom. The van der Waals surface area contributed by atoms with Crippen molar-refractivity contribution >= 4 is 11.9 Å². The molecule has 2 aromatic carbocycles. The first-order chi connectivity index (χ1) is 16.9. The molecule has 1 heterocycles. The number of aliphatic carboxylic acids is 2. The van der Waals surface area contributed by atoms with Crippen LogP contribution in [0.4, 0.5) is 0 Å². The lowest BCUT2D eigenvalue weighted by molar-refractivity contribution is -0.159. The molecule has 0 bridgehead atoms. The summed E-state index contributed by atoms with van der Waals surface area (Å²) < 4.78 is 10.8. The second kappa shape index (κ2) is 13.1. The number of carboxylic acid groups (broad SMARTS) is 2. The second-order valence-corrected chi connectivity index (χ2v) is 9.03. The fourth-order valence-electron chi connectivity index (χ4n) is 5.02. The molecule has 2 aliphatic rings. The van der Waals surface area contributed by atoms with Gasteiger partial charge < -0.3 is 19.7 Å². The molecular weight excluding hydrogens is 448 g/mol. The Morgan fingerprint density at radius 2 is 1.43 bits per heavy atom. The van der Waals surface area contributed by atoms with Crippen LogP contribution in [-0.4, -0.2) is 78.4 Å². The van der Waals surface area contributed by atoms with E-state index in [9.17, 15) is 0 Å². The van der Waals surface area contributed by atoms with Crippen molar-refractivity contribution in [2.24, 2.45) is 0 Å². The van der Waals surface area contributed by atoms with Crippen molar-refractivity contribution in [3.63, 3.8) is 0 Å². The molecule has 2 fully saturated rings. The number of methoxy groups -OCH3 is 2. The molecule has 35 heavy (non-hydrogen) atoms. The lowest BCUT2D eigenvalue weighted by atomic mass is 9.81.